The molecule has 154 valence electrons. The van der Waals surface area contributed by atoms with Crippen molar-refractivity contribution in [3.05, 3.63) is 71.4 Å². The largest absolute Gasteiger partial charge is 0.459 e. The first-order chi connectivity index (χ1) is 13.8. The van der Waals surface area contributed by atoms with E-state index in [9.17, 15) is 19.5 Å². The molecule has 11 heteroatoms. The van der Waals surface area contributed by atoms with E-state index in [0.717, 1.165) is 0 Å². The van der Waals surface area contributed by atoms with Gasteiger partial charge in [0.25, 0.3) is 5.56 Å². The van der Waals surface area contributed by atoms with Crippen LogP contribution in [-0.2, 0) is 9.47 Å². The first kappa shape index (κ1) is 21.8. The second-order valence-electron chi connectivity index (χ2n) is 6.20. The van der Waals surface area contributed by atoms with Gasteiger partial charge in [0.2, 0.25) is 0 Å². The summed E-state index contributed by atoms with van der Waals surface area (Å²) >= 11 is 14.8. The highest BCUT2D eigenvalue weighted by Crippen LogP contribution is 2.28. The minimum Gasteiger partial charge on any atom is -0.459 e. The van der Waals surface area contributed by atoms with Gasteiger partial charge >= 0.3 is 11.7 Å². The van der Waals surface area contributed by atoms with Crippen LogP contribution >= 0.6 is 39.1 Å². The van der Waals surface area contributed by atoms with Crippen molar-refractivity contribution in [2.24, 2.45) is 0 Å². The Kier molecular flexibility index (Phi) is 6.97. The first-order valence-electron chi connectivity index (χ1n) is 8.38. The molecule has 2 N–H and O–H groups in total. The van der Waals surface area contributed by atoms with Crippen LogP contribution in [0.5, 0.6) is 0 Å². The number of rotatable bonds is 5. The third kappa shape index (κ3) is 4.99. The zero-order valence-electron chi connectivity index (χ0n) is 14.7. The SMILES string of the molecule is O=C(OC[C@@H]1O[C@H](n2cc(/C=C/Br)c(=O)[nH]c2=O)CC1O)c1ccc(Cl)c(Cl)c1. The topological polar surface area (TPSA) is 111 Å². The number of halogens is 3. The molecule has 1 fully saturated rings. The maximum absolute atomic E-state index is 12.2. The van der Waals surface area contributed by atoms with Gasteiger partial charge in [-0.15, -0.1) is 0 Å². The molecule has 8 nitrogen and oxygen atoms in total. The van der Waals surface area contributed by atoms with Crippen LogP contribution < -0.4 is 11.2 Å². The van der Waals surface area contributed by atoms with Crippen molar-refractivity contribution in [3.63, 3.8) is 0 Å². The molecule has 1 unspecified atom stereocenters. The summed E-state index contributed by atoms with van der Waals surface area (Å²) in [5.41, 5.74) is -0.791. The molecule has 0 spiro atoms. The molecule has 2 aromatic rings. The van der Waals surface area contributed by atoms with Gasteiger partial charge < -0.3 is 14.6 Å². The van der Waals surface area contributed by atoms with Crippen LogP contribution in [0.4, 0.5) is 0 Å². The third-order valence-electron chi connectivity index (χ3n) is 4.29. The fourth-order valence-electron chi connectivity index (χ4n) is 2.80. The molecular formula is C18H15BrCl2N2O6. The van der Waals surface area contributed by atoms with Crippen molar-refractivity contribution in [1.29, 1.82) is 0 Å². The van der Waals surface area contributed by atoms with Crippen LogP contribution in [-0.4, -0.2) is 39.4 Å². The molecule has 3 rings (SSSR count). The summed E-state index contributed by atoms with van der Waals surface area (Å²) in [6.45, 7) is -0.233. The van der Waals surface area contributed by atoms with E-state index in [4.69, 9.17) is 32.7 Å². The van der Waals surface area contributed by atoms with Gasteiger partial charge in [0, 0.05) is 12.6 Å². The summed E-state index contributed by atoms with van der Waals surface area (Å²) in [6.07, 6.45) is 0.233. The lowest BCUT2D eigenvalue weighted by Gasteiger charge is -2.16. The Morgan fingerprint density at radius 2 is 2.14 bits per heavy atom. The highest BCUT2D eigenvalue weighted by Gasteiger charge is 2.36. The van der Waals surface area contributed by atoms with Gasteiger partial charge in [-0.2, -0.15) is 0 Å². The number of hydrogen-bond acceptors (Lipinski definition) is 6. The molecule has 1 aliphatic rings. The number of nitrogens with zero attached hydrogens (tertiary/aromatic N) is 1. The van der Waals surface area contributed by atoms with Crippen LogP contribution in [0.3, 0.4) is 0 Å². The maximum Gasteiger partial charge on any atom is 0.338 e. The lowest BCUT2D eigenvalue weighted by atomic mass is 10.2. The van der Waals surface area contributed by atoms with Crippen LogP contribution in [0.1, 0.15) is 28.6 Å². The smallest absolute Gasteiger partial charge is 0.338 e. The Morgan fingerprint density at radius 1 is 1.38 bits per heavy atom. The number of esters is 1. The van der Waals surface area contributed by atoms with E-state index in [1.54, 1.807) is 0 Å². The average Bonchev–Trinajstić information content (AvgIpc) is 3.04. The lowest BCUT2D eigenvalue weighted by molar-refractivity contribution is -0.0532. The molecule has 0 saturated carbocycles. The number of aliphatic hydroxyl groups excluding tert-OH is 1. The van der Waals surface area contributed by atoms with Crippen molar-refractivity contribution in [1.82, 2.24) is 9.55 Å². The number of benzene rings is 1. The minimum atomic E-state index is -0.976. The molecular weight excluding hydrogens is 491 g/mol. The fourth-order valence-corrected chi connectivity index (χ4v) is 3.38. The number of aromatic nitrogens is 2. The molecule has 2 heterocycles. The molecule has 0 radical (unpaired) electrons. The standard InChI is InChI=1S/C18H15BrCl2N2O6/c19-4-3-10-7-23(18(27)22-16(10)25)15-6-13(24)14(29-15)8-28-17(26)9-1-2-11(20)12(21)5-9/h1-5,7,13-15,24H,6,8H2,(H,22,25,27)/b4-3+/t13?,14-,15-/m0/s1. The summed E-state index contributed by atoms with van der Waals surface area (Å²) in [4.78, 5) is 39.7. The van der Waals surface area contributed by atoms with Crippen molar-refractivity contribution in [2.45, 2.75) is 24.9 Å². The van der Waals surface area contributed by atoms with Crippen molar-refractivity contribution >= 4 is 51.2 Å². The molecule has 0 amide bonds. The molecule has 1 aromatic carbocycles. The van der Waals surface area contributed by atoms with Gasteiger partial charge in [-0.1, -0.05) is 39.1 Å². The van der Waals surface area contributed by atoms with Gasteiger partial charge in [-0.25, -0.2) is 9.59 Å². The van der Waals surface area contributed by atoms with E-state index in [2.05, 4.69) is 20.9 Å². The van der Waals surface area contributed by atoms with E-state index in [0.29, 0.717) is 5.02 Å². The summed E-state index contributed by atoms with van der Waals surface area (Å²) in [5, 5.41) is 10.8. The van der Waals surface area contributed by atoms with E-state index in [1.165, 1.54) is 40.0 Å². The molecule has 0 bridgehead atoms. The normalized spacial score (nSPS) is 21.6. The molecule has 1 aliphatic heterocycles. The minimum absolute atomic E-state index is 0.0818. The predicted octanol–water partition coefficient (Wildman–Crippen LogP) is 2.71. The highest BCUT2D eigenvalue weighted by atomic mass is 79.9. The van der Waals surface area contributed by atoms with Crippen LogP contribution in [0.25, 0.3) is 6.08 Å². The molecule has 1 saturated heterocycles. The highest BCUT2D eigenvalue weighted by molar-refractivity contribution is 9.11. The quantitative estimate of drug-likeness (QED) is 0.604. The maximum atomic E-state index is 12.2. The predicted molar refractivity (Wildman–Crippen MR) is 111 cm³/mol. The van der Waals surface area contributed by atoms with Gasteiger partial charge in [-0.3, -0.25) is 14.3 Å². The Bertz CT molecular complexity index is 1070. The third-order valence-corrected chi connectivity index (χ3v) is 5.29. The van der Waals surface area contributed by atoms with Gasteiger partial charge in [0.05, 0.1) is 27.3 Å². The second-order valence-corrected chi connectivity index (χ2v) is 7.55. The number of nitrogens with one attached hydrogen (secondary N) is 1. The van der Waals surface area contributed by atoms with E-state index in [1.807, 2.05) is 0 Å². The molecule has 1 aromatic heterocycles. The van der Waals surface area contributed by atoms with Gasteiger partial charge in [0.1, 0.15) is 18.9 Å². The van der Waals surface area contributed by atoms with Crippen molar-refractivity contribution < 1.29 is 19.4 Å². The van der Waals surface area contributed by atoms with Gasteiger partial charge in [-0.05, 0) is 29.3 Å². The number of hydrogen-bond donors (Lipinski definition) is 2. The number of aliphatic hydroxyl groups is 1. The average molecular weight is 506 g/mol. The Hall–Kier alpha value is -1.91. The van der Waals surface area contributed by atoms with Crippen LogP contribution in [0, 0.1) is 0 Å². The van der Waals surface area contributed by atoms with Crippen molar-refractivity contribution in [2.75, 3.05) is 6.61 Å². The number of H-pyrrole nitrogens is 1. The molecule has 3 atom stereocenters. The number of aromatic amines is 1. The number of ether oxygens (including phenoxy) is 2. The fraction of sp³-hybridized carbons (Fsp3) is 0.278. The van der Waals surface area contributed by atoms with Crippen LogP contribution in [0.15, 0.2) is 39.0 Å². The summed E-state index contributed by atoms with van der Waals surface area (Å²) < 4.78 is 12.0. The van der Waals surface area contributed by atoms with E-state index >= 15 is 0 Å². The van der Waals surface area contributed by atoms with E-state index < -0.39 is 35.7 Å². The zero-order chi connectivity index (χ0) is 21.1. The number of carbonyl (C=O) groups is 1. The summed E-state index contributed by atoms with van der Waals surface area (Å²) in [5.74, 6) is -0.659. The summed E-state index contributed by atoms with van der Waals surface area (Å²) in [6, 6.07) is 4.31. The second kappa shape index (κ2) is 9.27. The summed E-state index contributed by atoms with van der Waals surface area (Å²) in [7, 11) is 0. The zero-order valence-corrected chi connectivity index (χ0v) is 17.8. The monoisotopic (exact) mass is 504 g/mol. The molecule has 0 aliphatic carbocycles. The van der Waals surface area contributed by atoms with E-state index in [-0.39, 0.29) is 29.2 Å². The first-order valence-corrected chi connectivity index (χ1v) is 10.0. The lowest BCUT2D eigenvalue weighted by Crippen LogP contribution is -2.33. The molecule has 29 heavy (non-hydrogen) atoms. The van der Waals surface area contributed by atoms with Gasteiger partial charge in [0.15, 0.2) is 0 Å². The van der Waals surface area contributed by atoms with Crippen LogP contribution in [0.2, 0.25) is 10.0 Å². The Balaban J connectivity index is 1.69. The Labute approximate surface area is 182 Å². The Morgan fingerprint density at radius 3 is 2.83 bits per heavy atom. The number of carbonyl (C=O) groups excluding carboxylic acids is 1. The van der Waals surface area contributed by atoms with Crippen molar-refractivity contribution in [3.8, 4) is 0 Å².